The number of ether oxygens (including phenoxy) is 1. The van der Waals surface area contributed by atoms with Crippen molar-refractivity contribution in [3.63, 3.8) is 0 Å². The lowest BCUT2D eigenvalue weighted by Gasteiger charge is -2.21. The molecule has 6 rings (SSSR count). The first-order chi connectivity index (χ1) is 16.9. The van der Waals surface area contributed by atoms with Gasteiger partial charge in [-0.05, 0) is 41.3 Å². The zero-order valence-corrected chi connectivity index (χ0v) is 19.7. The normalized spacial score (nSPS) is 12.0. The predicted molar refractivity (Wildman–Crippen MR) is 139 cm³/mol. The molecular formula is C29H24N4O2. The average molecular weight is 461 g/mol. The molecule has 3 heterocycles. The van der Waals surface area contributed by atoms with Gasteiger partial charge in [0, 0.05) is 40.7 Å². The minimum atomic E-state index is -0.0746. The summed E-state index contributed by atoms with van der Waals surface area (Å²) in [6, 6.07) is 21.7. The molecule has 6 aromatic rings. The standard InChI is InChI=1S/C29H24N4O2/c1-29(2,3)22-11-12-25(34)28-21(22)10-13-27(32-28)35-18-8-9-20-19-6-4-5-7-23(19)33(24(20)16-18)26-17-30-14-15-31-26/h4-17,34H,1-3H3. The summed E-state index contributed by atoms with van der Waals surface area (Å²) < 4.78 is 8.27. The summed E-state index contributed by atoms with van der Waals surface area (Å²) in [6.45, 7) is 6.44. The van der Waals surface area contributed by atoms with Gasteiger partial charge in [-0.1, -0.05) is 45.0 Å². The summed E-state index contributed by atoms with van der Waals surface area (Å²) in [5.41, 5.74) is 3.59. The molecule has 3 aromatic carbocycles. The van der Waals surface area contributed by atoms with Crippen LogP contribution in [0.3, 0.4) is 0 Å². The molecule has 0 unspecified atom stereocenters. The number of rotatable bonds is 3. The number of phenolic OH excluding ortho intramolecular Hbond substituents is 1. The molecule has 0 saturated carbocycles. The van der Waals surface area contributed by atoms with Crippen LogP contribution in [0.5, 0.6) is 17.4 Å². The van der Waals surface area contributed by atoms with Crippen LogP contribution in [0.1, 0.15) is 26.3 Å². The Labute approximate surface area is 202 Å². The Morgan fingerprint density at radius 1 is 0.829 bits per heavy atom. The number of aromatic hydroxyl groups is 1. The number of benzene rings is 3. The van der Waals surface area contributed by atoms with Crippen LogP contribution in [-0.2, 0) is 5.41 Å². The first-order valence-corrected chi connectivity index (χ1v) is 11.5. The van der Waals surface area contributed by atoms with Gasteiger partial charge in [-0.15, -0.1) is 0 Å². The lowest BCUT2D eigenvalue weighted by Crippen LogP contribution is -2.11. The van der Waals surface area contributed by atoms with E-state index in [9.17, 15) is 5.11 Å². The molecule has 35 heavy (non-hydrogen) atoms. The molecule has 6 heteroatoms. The van der Waals surface area contributed by atoms with Crippen LogP contribution in [-0.4, -0.2) is 24.6 Å². The van der Waals surface area contributed by atoms with Crippen molar-refractivity contribution in [1.29, 1.82) is 0 Å². The van der Waals surface area contributed by atoms with E-state index >= 15 is 0 Å². The predicted octanol–water partition coefficient (Wildman–Crippen LogP) is 6.92. The van der Waals surface area contributed by atoms with Crippen molar-refractivity contribution < 1.29 is 9.84 Å². The highest BCUT2D eigenvalue weighted by molar-refractivity contribution is 6.09. The van der Waals surface area contributed by atoms with Crippen molar-refractivity contribution >= 4 is 32.7 Å². The molecule has 1 N–H and O–H groups in total. The maximum Gasteiger partial charge on any atom is 0.219 e. The molecule has 0 aliphatic rings. The van der Waals surface area contributed by atoms with Gasteiger partial charge in [0.2, 0.25) is 5.88 Å². The third kappa shape index (κ3) is 3.54. The molecule has 6 nitrogen and oxygen atoms in total. The fourth-order valence-electron chi connectivity index (χ4n) is 4.68. The molecular weight excluding hydrogens is 436 g/mol. The molecule has 0 spiro atoms. The monoisotopic (exact) mass is 460 g/mol. The molecule has 0 radical (unpaired) electrons. The Morgan fingerprint density at radius 3 is 2.43 bits per heavy atom. The molecule has 0 fully saturated rings. The van der Waals surface area contributed by atoms with Gasteiger partial charge in [0.1, 0.15) is 17.0 Å². The largest absolute Gasteiger partial charge is 0.506 e. The Hall–Kier alpha value is -4.45. The number of pyridine rings is 1. The average Bonchev–Trinajstić information content (AvgIpc) is 3.18. The third-order valence-corrected chi connectivity index (χ3v) is 6.26. The summed E-state index contributed by atoms with van der Waals surface area (Å²) in [4.78, 5) is 13.4. The van der Waals surface area contributed by atoms with Gasteiger partial charge in [0.25, 0.3) is 0 Å². The summed E-state index contributed by atoms with van der Waals surface area (Å²) in [7, 11) is 0. The number of hydrogen-bond acceptors (Lipinski definition) is 5. The second kappa shape index (κ2) is 7.81. The van der Waals surface area contributed by atoms with Gasteiger partial charge in [-0.25, -0.2) is 9.97 Å². The maximum absolute atomic E-state index is 10.5. The highest BCUT2D eigenvalue weighted by atomic mass is 16.5. The minimum absolute atomic E-state index is 0.0746. The smallest absolute Gasteiger partial charge is 0.219 e. The lowest BCUT2D eigenvalue weighted by molar-refractivity contribution is 0.460. The fourth-order valence-corrected chi connectivity index (χ4v) is 4.68. The summed E-state index contributed by atoms with van der Waals surface area (Å²) >= 11 is 0. The summed E-state index contributed by atoms with van der Waals surface area (Å²) in [6.07, 6.45) is 5.10. The Kier molecular flexibility index (Phi) is 4.71. The van der Waals surface area contributed by atoms with Crippen molar-refractivity contribution in [1.82, 2.24) is 19.5 Å². The van der Waals surface area contributed by atoms with Crippen molar-refractivity contribution in [2.45, 2.75) is 26.2 Å². The van der Waals surface area contributed by atoms with E-state index in [1.165, 1.54) is 0 Å². The van der Waals surface area contributed by atoms with Crippen LogP contribution in [0.4, 0.5) is 0 Å². The van der Waals surface area contributed by atoms with Crippen LogP contribution in [0.25, 0.3) is 38.5 Å². The Balaban J connectivity index is 1.48. The molecule has 3 aromatic heterocycles. The number of phenols is 1. The molecule has 0 bridgehead atoms. The number of hydrogen-bond donors (Lipinski definition) is 1. The lowest BCUT2D eigenvalue weighted by atomic mass is 9.84. The van der Waals surface area contributed by atoms with E-state index in [-0.39, 0.29) is 11.2 Å². The van der Waals surface area contributed by atoms with Gasteiger partial charge >= 0.3 is 0 Å². The second-order valence-corrected chi connectivity index (χ2v) is 9.63. The van der Waals surface area contributed by atoms with Gasteiger partial charge < -0.3 is 9.84 Å². The molecule has 0 aliphatic heterocycles. The van der Waals surface area contributed by atoms with Crippen molar-refractivity contribution in [3.05, 3.63) is 90.9 Å². The zero-order valence-electron chi connectivity index (χ0n) is 19.7. The topological polar surface area (TPSA) is 73.1 Å². The van der Waals surface area contributed by atoms with Crippen LogP contribution in [0.15, 0.2) is 85.3 Å². The number of nitrogens with zero attached hydrogens (tertiary/aromatic N) is 4. The first-order valence-electron chi connectivity index (χ1n) is 11.5. The van der Waals surface area contributed by atoms with Crippen LogP contribution >= 0.6 is 0 Å². The van der Waals surface area contributed by atoms with Gasteiger partial charge in [0.05, 0.1) is 17.2 Å². The minimum Gasteiger partial charge on any atom is -0.506 e. The van der Waals surface area contributed by atoms with E-state index in [4.69, 9.17) is 4.74 Å². The number of aromatic nitrogens is 4. The van der Waals surface area contributed by atoms with Gasteiger partial charge in [-0.3, -0.25) is 9.55 Å². The van der Waals surface area contributed by atoms with Crippen molar-refractivity contribution in [3.8, 4) is 23.2 Å². The number of fused-ring (bicyclic) bond motifs is 4. The van der Waals surface area contributed by atoms with Gasteiger partial charge in [0.15, 0.2) is 5.82 Å². The fraction of sp³-hybridized carbons (Fsp3) is 0.138. The van der Waals surface area contributed by atoms with E-state index in [0.29, 0.717) is 17.1 Å². The van der Waals surface area contributed by atoms with E-state index in [0.717, 1.165) is 38.6 Å². The highest BCUT2D eigenvalue weighted by Gasteiger charge is 2.19. The molecule has 172 valence electrons. The molecule has 0 amide bonds. The van der Waals surface area contributed by atoms with Gasteiger partial charge in [-0.2, -0.15) is 0 Å². The maximum atomic E-state index is 10.5. The van der Waals surface area contributed by atoms with Crippen molar-refractivity contribution in [2.24, 2.45) is 0 Å². The van der Waals surface area contributed by atoms with E-state index in [2.05, 4.69) is 58.5 Å². The van der Waals surface area contributed by atoms with E-state index in [1.54, 1.807) is 24.7 Å². The van der Waals surface area contributed by atoms with Crippen molar-refractivity contribution in [2.75, 3.05) is 0 Å². The SMILES string of the molecule is CC(C)(C)c1ccc(O)c2nc(Oc3ccc4c5ccccc5n(-c5cnccn5)c4c3)ccc12. The molecule has 0 saturated heterocycles. The first kappa shape index (κ1) is 21.1. The molecule has 0 aliphatic carbocycles. The van der Waals surface area contributed by atoms with E-state index in [1.807, 2.05) is 42.5 Å². The quantitative estimate of drug-likeness (QED) is 0.310. The second-order valence-electron chi connectivity index (χ2n) is 9.63. The van der Waals surface area contributed by atoms with Crippen LogP contribution in [0.2, 0.25) is 0 Å². The van der Waals surface area contributed by atoms with E-state index < -0.39 is 0 Å². The van der Waals surface area contributed by atoms with Crippen LogP contribution < -0.4 is 4.74 Å². The Morgan fingerprint density at radius 2 is 1.63 bits per heavy atom. The number of para-hydroxylation sites is 1. The third-order valence-electron chi connectivity index (χ3n) is 6.26. The summed E-state index contributed by atoms with van der Waals surface area (Å²) in [5, 5.41) is 13.6. The summed E-state index contributed by atoms with van der Waals surface area (Å²) in [5.74, 6) is 1.93. The molecule has 0 atom stereocenters. The zero-order chi connectivity index (χ0) is 24.2. The van der Waals surface area contributed by atoms with Crippen LogP contribution in [0, 0.1) is 0 Å². The Bertz CT molecular complexity index is 1720. The highest BCUT2D eigenvalue weighted by Crippen LogP contribution is 2.37.